The van der Waals surface area contributed by atoms with E-state index in [1.54, 1.807) is 0 Å². The molecule has 0 aliphatic heterocycles. The molecule has 5 rings (SSSR count). The van der Waals surface area contributed by atoms with Crippen LogP contribution in [-0.2, 0) is 5.41 Å². The Morgan fingerprint density at radius 2 is 1.77 bits per heavy atom. The summed E-state index contributed by atoms with van der Waals surface area (Å²) < 4.78 is 0. The summed E-state index contributed by atoms with van der Waals surface area (Å²) in [6.45, 7) is 9.10. The van der Waals surface area contributed by atoms with E-state index < -0.39 is 0 Å². The van der Waals surface area contributed by atoms with E-state index in [4.69, 9.17) is 9.97 Å². The van der Waals surface area contributed by atoms with Crippen molar-refractivity contribution in [2.45, 2.75) is 39.0 Å². The van der Waals surface area contributed by atoms with Crippen LogP contribution in [0.15, 0.2) is 54.7 Å². The zero-order valence-electron chi connectivity index (χ0n) is 15.7. The van der Waals surface area contributed by atoms with Gasteiger partial charge in [-0.15, -0.1) is 0 Å². The molecule has 1 aliphatic carbocycles. The van der Waals surface area contributed by atoms with E-state index in [1.165, 1.54) is 32.8 Å². The Morgan fingerprint density at radius 3 is 2.58 bits per heavy atom. The number of nitrogens with zero attached hydrogens (tertiary/aromatic N) is 2. The number of hydrogen-bond donors (Lipinski definition) is 0. The smallest absolute Gasteiger partial charge is 0.0802 e. The van der Waals surface area contributed by atoms with Crippen molar-refractivity contribution in [1.82, 2.24) is 9.97 Å². The maximum atomic E-state index is 4.94. The molecule has 2 heterocycles. The van der Waals surface area contributed by atoms with E-state index >= 15 is 0 Å². The van der Waals surface area contributed by atoms with Crippen LogP contribution in [0.3, 0.4) is 0 Å². The number of pyridine rings is 2. The molecular weight excluding hydrogens is 316 g/mol. The van der Waals surface area contributed by atoms with Gasteiger partial charge in [0.2, 0.25) is 0 Å². The maximum Gasteiger partial charge on any atom is 0.0802 e. The first-order valence-corrected chi connectivity index (χ1v) is 9.31. The third kappa shape index (κ3) is 1.93. The van der Waals surface area contributed by atoms with Gasteiger partial charge < -0.3 is 0 Å². The van der Waals surface area contributed by atoms with Gasteiger partial charge in [-0.25, -0.2) is 0 Å². The molecule has 0 amide bonds. The van der Waals surface area contributed by atoms with Crippen molar-refractivity contribution < 1.29 is 0 Å². The molecule has 2 nitrogen and oxygen atoms in total. The first-order chi connectivity index (χ1) is 12.5. The van der Waals surface area contributed by atoms with Gasteiger partial charge in [0.1, 0.15) is 0 Å². The minimum absolute atomic E-state index is 0.100. The van der Waals surface area contributed by atoms with Crippen molar-refractivity contribution in [3.8, 4) is 11.3 Å². The number of benzene rings is 2. The van der Waals surface area contributed by atoms with Gasteiger partial charge in [-0.2, -0.15) is 0 Å². The third-order valence-corrected chi connectivity index (χ3v) is 5.81. The lowest BCUT2D eigenvalue weighted by atomic mass is 9.68. The van der Waals surface area contributed by atoms with Crippen LogP contribution in [0.1, 0.15) is 50.4 Å². The third-order valence-electron chi connectivity index (χ3n) is 5.81. The van der Waals surface area contributed by atoms with E-state index in [2.05, 4.69) is 76.2 Å². The molecule has 0 saturated carbocycles. The van der Waals surface area contributed by atoms with Gasteiger partial charge in [-0.05, 0) is 39.9 Å². The molecule has 0 spiro atoms. The molecular formula is C24H22N2. The first-order valence-electron chi connectivity index (χ1n) is 9.31. The van der Waals surface area contributed by atoms with Crippen LogP contribution in [0.4, 0.5) is 0 Å². The van der Waals surface area contributed by atoms with Gasteiger partial charge in [0.15, 0.2) is 0 Å². The molecule has 0 bridgehead atoms. The summed E-state index contributed by atoms with van der Waals surface area (Å²) in [5.41, 5.74) is 7.15. The fourth-order valence-electron chi connectivity index (χ4n) is 4.47. The monoisotopic (exact) mass is 338 g/mol. The summed E-state index contributed by atoms with van der Waals surface area (Å²) in [7, 11) is 0. The van der Waals surface area contributed by atoms with Crippen LogP contribution in [0.5, 0.6) is 0 Å². The van der Waals surface area contributed by atoms with Crippen molar-refractivity contribution in [2.75, 3.05) is 0 Å². The predicted octanol–water partition coefficient (Wildman–Crippen LogP) is 6.21. The second-order valence-corrected chi connectivity index (χ2v) is 8.14. The molecule has 1 aliphatic rings. The lowest BCUT2D eigenvalue weighted by Crippen LogP contribution is -2.25. The lowest BCUT2D eigenvalue weighted by molar-refractivity contribution is 0.646. The number of hydrogen-bond acceptors (Lipinski definition) is 2. The number of aromatic nitrogens is 2. The highest BCUT2D eigenvalue weighted by Crippen LogP contribution is 2.50. The molecule has 0 radical (unpaired) electrons. The zero-order valence-corrected chi connectivity index (χ0v) is 15.7. The Bertz CT molecular complexity index is 1190. The van der Waals surface area contributed by atoms with Crippen LogP contribution in [-0.4, -0.2) is 9.97 Å². The van der Waals surface area contributed by atoms with Crippen molar-refractivity contribution in [3.05, 3.63) is 71.5 Å². The highest BCUT2D eigenvalue weighted by Gasteiger charge is 2.36. The second-order valence-electron chi connectivity index (χ2n) is 8.14. The molecule has 2 aromatic heterocycles. The highest BCUT2D eigenvalue weighted by atomic mass is 14.8. The maximum absolute atomic E-state index is 4.94. The SMILES string of the molecule is CC(C)c1cc2c3c(nccc3n1)-c1ccc3ccccc3c1C2(C)C. The van der Waals surface area contributed by atoms with Gasteiger partial charge >= 0.3 is 0 Å². The standard InChI is InChI=1S/C24H22N2/c1-14(2)20-13-18-21-19(26-20)11-12-25-23(21)17-10-9-15-7-5-6-8-16(15)22(17)24(18,3)4/h5-14H,1-4H3. The van der Waals surface area contributed by atoms with E-state index in [0.717, 1.165) is 16.9 Å². The molecule has 128 valence electrons. The molecule has 0 fully saturated rings. The summed E-state index contributed by atoms with van der Waals surface area (Å²) in [5, 5.41) is 3.82. The van der Waals surface area contributed by atoms with E-state index in [1.807, 2.05) is 6.20 Å². The fraction of sp³-hybridized carbons (Fsp3) is 0.250. The molecule has 2 heteroatoms. The van der Waals surface area contributed by atoms with Crippen LogP contribution in [0, 0.1) is 0 Å². The normalized spacial score (nSPS) is 14.8. The quantitative estimate of drug-likeness (QED) is 0.412. The number of fused-ring (bicyclic) bond motifs is 4. The Kier molecular flexibility index (Phi) is 3.06. The van der Waals surface area contributed by atoms with Gasteiger partial charge in [0.25, 0.3) is 0 Å². The summed E-state index contributed by atoms with van der Waals surface area (Å²) >= 11 is 0. The Morgan fingerprint density at radius 1 is 0.962 bits per heavy atom. The fourth-order valence-corrected chi connectivity index (χ4v) is 4.47. The summed E-state index contributed by atoms with van der Waals surface area (Å²) in [6, 6.07) is 17.5. The zero-order chi connectivity index (χ0) is 18.1. The van der Waals surface area contributed by atoms with Crippen LogP contribution < -0.4 is 0 Å². The van der Waals surface area contributed by atoms with Gasteiger partial charge in [-0.1, -0.05) is 64.1 Å². The molecule has 26 heavy (non-hydrogen) atoms. The van der Waals surface area contributed by atoms with E-state index in [0.29, 0.717) is 5.92 Å². The van der Waals surface area contributed by atoms with Crippen molar-refractivity contribution in [1.29, 1.82) is 0 Å². The van der Waals surface area contributed by atoms with Crippen molar-refractivity contribution >= 4 is 21.7 Å². The topological polar surface area (TPSA) is 25.8 Å². The summed E-state index contributed by atoms with van der Waals surface area (Å²) in [6.07, 6.45) is 1.90. The molecule has 0 saturated heterocycles. The average Bonchev–Trinajstić information content (AvgIpc) is 2.64. The minimum atomic E-state index is -0.100. The van der Waals surface area contributed by atoms with Gasteiger partial charge in [-0.3, -0.25) is 9.97 Å². The van der Waals surface area contributed by atoms with Crippen LogP contribution in [0.2, 0.25) is 0 Å². The van der Waals surface area contributed by atoms with E-state index in [9.17, 15) is 0 Å². The minimum Gasteiger partial charge on any atom is -0.255 e. The Hall–Kier alpha value is -2.74. The molecule has 4 aromatic rings. The highest BCUT2D eigenvalue weighted by molar-refractivity contribution is 6.04. The van der Waals surface area contributed by atoms with Gasteiger partial charge in [0.05, 0.1) is 11.2 Å². The van der Waals surface area contributed by atoms with Crippen molar-refractivity contribution in [2.24, 2.45) is 0 Å². The summed E-state index contributed by atoms with van der Waals surface area (Å²) in [5.74, 6) is 0.400. The first kappa shape index (κ1) is 15.5. The number of rotatable bonds is 1. The molecule has 0 unspecified atom stereocenters. The Labute approximate surface area is 153 Å². The lowest BCUT2D eigenvalue weighted by Gasteiger charge is -2.36. The Balaban J connectivity index is 2.00. The average molecular weight is 338 g/mol. The predicted molar refractivity (Wildman–Crippen MR) is 109 cm³/mol. The van der Waals surface area contributed by atoms with Crippen molar-refractivity contribution in [3.63, 3.8) is 0 Å². The van der Waals surface area contributed by atoms with Crippen LogP contribution >= 0.6 is 0 Å². The van der Waals surface area contributed by atoms with E-state index in [-0.39, 0.29) is 5.41 Å². The molecule has 0 atom stereocenters. The molecule has 2 aromatic carbocycles. The summed E-state index contributed by atoms with van der Waals surface area (Å²) in [4.78, 5) is 9.72. The largest absolute Gasteiger partial charge is 0.255 e. The molecule has 0 N–H and O–H groups in total. The second kappa shape index (κ2) is 5.14. The van der Waals surface area contributed by atoms with Crippen LogP contribution in [0.25, 0.3) is 32.9 Å². The van der Waals surface area contributed by atoms with Gasteiger partial charge in [0, 0.05) is 28.3 Å².